The lowest BCUT2D eigenvalue weighted by Crippen LogP contribution is -2.41. The number of alkyl halides is 3. The summed E-state index contributed by atoms with van der Waals surface area (Å²) in [6, 6.07) is 6.15. The molecule has 11 nitrogen and oxygen atoms in total. The highest BCUT2D eigenvalue weighted by Crippen LogP contribution is 2.30. The van der Waals surface area contributed by atoms with Crippen LogP contribution in [0, 0.1) is 16.0 Å². The summed E-state index contributed by atoms with van der Waals surface area (Å²) in [4.78, 5) is 35.3. The van der Waals surface area contributed by atoms with Gasteiger partial charge in [-0.3, -0.25) is 19.8 Å². The molecule has 4 rings (SSSR count). The van der Waals surface area contributed by atoms with Gasteiger partial charge in [0.25, 0.3) is 0 Å². The van der Waals surface area contributed by atoms with Crippen LogP contribution in [0.4, 0.5) is 30.6 Å². The number of carbonyl (C=O) groups excluding carboxylic acids is 1. The molecule has 0 radical (unpaired) electrons. The molecule has 2 aliphatic rings. The number of benzene rings is 1. The van der Waals surface area contributed by atoms with Crippen LogP contribution in [0.1, 0.15) is 44.6 Å². The van der Waals surface area contributed by atoms with E-state index in [0.29, 0.717) is 18.5 Å². The molecule has 1 aromatic carbocycles. The van der Waals surface area contributed by atoms with E-state index in [1.807, 2.05) is 4.90 Å². The van der Waals surface area contributed by atoms with Crippen LogP contribution in [0.2, 0.25) is 0 Å². The highest BCUT2D eigenvalue weighted by atomic mass is 19.4. The molecule has 1 aromatic heterocycles. The minimum absolute atomic E-state index is 0.0411. The van der Waals surface area contributed by atoms with E-state index in [9.17, 15) is 28.1 Å². The predicted octanol–water partition coefficient (Wildman–Crippen LogP) is 4.42. The monoisotopic (exact) mass is 565 g/mol. The molecule has 1 amide bonds. The van der Waals surface area contributed by atoms with E-state index < -0.39 is 11.3 Å². The highest BCUT2D eigenvalue weighted by Gasteiger charge is 2.32. The first-order valence-electron chi connectivity index (χ1n) is 13.4. The van der Waals surface area contributed by atoms with Gasteiger partial charge in [0.1, 0.15) is 11.9 Å². The normalized spacial score (nSPS) is 20.4. The number of nitrogens with zero attached hydrogens (tertiary/aromatic N) is 5. The number of carbonyl (C=O) groups is 1. The molecule has 218 valence electrons. The lowest BCUT2D eigenvalue weighted by molar-refractivity contribution is -0.384. The first-order valence-corrected chi connectivity index (χ1v) is 13.4. The van der Waals surface area contributed by atoms with Crippen molar-refractivity contribution in [3.05, 3.63) is 46.1 Å². The first kappa shape index (κ1) is 29.3. The van der Waals surface area contributed by atoms with Crippen molar-refractivity contribution in [2.75, 3.05) is 43.4 Å². The van der Waals surface area contributed by atoms with Gasteiger partial charge in [-0.15, -0.1) is 13.2 Å². The lowest BCUT2D eigenvalue weighted by Gasteiger charge is -2.36. The Balaban J connectivity index is 1.32. The number of halogens is 3. The quantitative estimate of drug-likeness (QED) is 0.336. The molecule has 2 N–H and O–H groups in total. The summed E-state index contributed by atoms with van der Waals surface area (Å²) < 4.78 is 42.2. The number of nitrogens with one attached hydrogen (secondary N) is 2. The Morgan fingerprint density at radius 1 is 1.12 bits per heavy atom. The van der Waals surface area contributed by atoms with E-state index in [4.69, 9.17) is 0 Å². The Morgan fingerprint density at radius 2 is 1.88 bits per heavy atom. The molecule has 14 heteroatoms. The van der Waals surface area contributed by atoms with E-state index in [0.717, 1.165) is 64.5 Å². The van der Waals surface area contributed by atoms with Gasteiger partial charge in [0, 0.05) is 57.8 Å². The predicted molar refractivity (Wildman–Crippen MR) is 142 cm³/mol. The summed E-state index contributed by atoms with van der Waals surface area (Å²) in [5.41, 5.74) is -0.0499. The van der Waals surface area contributed by atoms with Crippen molar-refractivity contribution in [3.63, 3.8) is 0 Å². The molecular weight excluding hydrogens is 531 g/mol. The largest absolute Gasteiger partial charge is 0.573 e. The summed E-state index contributed by atoms with van der Waals surface area (Å²) >= 11 is 0. The Labute approximate surface area is 230 Å². The third-order valence-corrected chi connectivity index (χ3v) is 7.47. The van der Waals surface area contributed by atoms with Gasteiger partial charge in [0.2, 0.25) is 17.7 Å². The van der Waals surface area contributed by atoms with Gasteiger partial charge in [0.05, 0.1) is 4.92 Å². The molecule has 1 aliphatic carbocycles. The van der Waals surface area contributed by atoms with Gasteiger partial charge >= 0.3 is 12.0 Å². The standard InChI is InChI=1S/C26H34F3N7O4/c1-18(37)34-11-4-12-35(14-13-34)21-9-7-19(8-10-21)15-30-24-22(36(38)39)17-32-25(33-24)31-16-20-5-2-3-6-23(20)40-26(27,28)29/h2-3,5-6,17,19,21H,4,7-16H2,1H3,(H2,30,31,32,33)/t19-,21-. The minimum atomic E-state index is -4.83. The molecule has 0 unspecified atom stereocenters. The van der Waals surface area contributed by atoms with Gasteiger partial charge < -0.3 is 20.3 Å². The van der Waals surface area contributed by atoms with Gasteiger partial charge in [-0.2, -0.15) is 4.98 Å². The molecule has 1 aliphatic heterocycles. The SMILES string of the molecule is CC(=O)N1CCCN([C@H]2CC[C@H](CNc3nc(NCc4ccccc4OC(F)(F)F)ncc3[N+](=O)[O-])CC2)CC1. The number of aromatic nitrogens is 2. The molecule has 2 fully saturated rings. The number of hydrogen-bond donors (Lipinski definition) is 2. The van der Waals surface area contributed by atoms with Gasteiger partial charge in [0.15, 0.2) is 0 Å². The zero-order chi connectivity index (χ0) is 28.7. The Kier molecular flexibility index (Phi) is 9.61. The van der Waals surface area contributed by atoms with Crippen molar-refractivity contribution >= 4 is 23.4 Å². The van der Waals surface area contributed by atoms with Gasteiger partial charge in [-0.1, -0.05) is 18.2 Å². The number of nitro groups is 1. The summed E-state index contributed by atoms with van der Waals surface area (Å²) in [7, 11) is 0. The Hall–Kier alpha value is -3.68. The fraction of sp³-hybridized carbons (Fsp3) is 0.577. The van der Waals surface area contributed by atoms with Crippen molar-refractivity contribution < 1.29 is 27.6 Å². The van der Waals surface area contributed by atoms with Crippen LogP contribution in [0.3, 0.4) is 0 Å². The molecule has 0 bridgehead atoms. The van der Waals surface area contributed by atoms with Crippen LogP contribution in [0.5, 0.6) is 5.75 Å². The average molecular weight is 566 g/mol. The van der Waals surface area contributed by atoms with Gasteiger partial charge in [-0.05, 0) is 44.1 Å². The van der Waals surface area contributed by atoms with Crippen LogP contribution in [0.25, 0.3) is 0 Å². The van der Waals surface area contributed by atoms with Crippen LogP contribution in [0.15, 0.2) is 30.5 Å². The minimum Gasteiger partial charge on any atom is -0.405 e. The van der Waals surface area contributed by atoms with Crippen molar-refractivity contribution in [1.82, 2.24) is 19.8 Å². The molecule has 0 atom stereocenters. The Bertz CT molecular complexity index is 1180. The van der Waals surface area contributed by atoms with Crippen molar-refractivity contribution in [2.45, 2.75) is 58.0 Å². The number of anilines is 2. The number of rotatable bonds is 9. The second-order valence-electron chi connectivity index (χ2n) is 10.1. The summed E-state index contributed by atoms with van der Waals surface area (Å²) in [5, 5.41) is 17.5. The zero-order valence-corrected chi connectivity index (χ0v) is 22.3. The van der Waals surface area contributed by atoms with E-state index in [1.165, 1.54) is 18.2 Å². The molecule has 2 aromatic rings. The van der Waals surface area contributed by atoms with E-state index in [1.54, 1.807) is 13.0 Å². The van der Waals surface area contributed by atoms with E-state index in [2.05, 4.69) is 30.2 Å². The van der Waals surface area contributed by atoms with Crippen LogP contribution in [-0.4, -0.2) is 75.7 Å². The maximum Gasteiger partial charge on any atom is 0.573 e. The Morgan fingerprint density at radius 3 is 2.58 bits per heavy atom. The fourth-order valence-corrected chi connectivity index (χ4v) is 5.35. The molecular formula is C26H34F3N7O4. The smallest absolute Gasteiger partial charge is 0.405 e. The van der Waals surface area contributed by atoms with Crippen LogP contribution >= 0.6 is 0 Å². The third kappa shape index (κ3) is 8.16. The maximum absolute atomic E-state index is 12.7. The van der Waals surface area contributed by atoms with Crippen molar-refractivity contribution in [3.8, 4) is 5.75 Å². The van der Waals surface area contributed by atoms with Crippen LogP contribution < -0.4 is 15.4 Å². The van der Waals surface area contributed by atoms with Crippen molar-refractivity contribution in [2.24, 2.45) is 5.92 Å². The zero-order valence-electron chi connectivity index (χ0n) is 22.3. The molecule has 0 spiro atoms. The second-order valence-corrected chi connectivity index (χ2v) is 10.1. The summed E-state index contributed by atoms with van der Waals surface area (Å²) in [6.07, 6.45) is 1.18. The number of amides is 1. The number of ether oxygens (including phenoxy) is 1. The van der Waals surface area contributed by atoms with Gasteiger partial charge in [-0.25, -0.2) is 4.98 Å². The molecule has 2 heterocycles. The third-order valence-electron chi connectivity index (χ3n) is 7.47. The van der Waals surface area contributed by atoms with E-state index in [-0.39, 0.29) is 41.2 Å². The maximum atomic E-state index is 12.7. The highest BCUT2D eigenvalue weighted by molar-refractivity contribution is 5.73. The number of hydrogen-bond acceptors (Lipinski definition) is 9. The van der Waals surface area contributed by atoms with E-state index >= 15 is 0 Å². The lowest BCUT2D eigenvalue weighted by atomic mass is 9.85. The van der Waals surface area contributed by atoms with Crippen LogP contribution in [-0.2, 0) is 11.3 Å². The topological polar surface area (TPSA) is 126 Å². The average Bonchev–Trinajstić information content (AvgIpc) is 3.17. The second kappa shape index (κ2) is 13.1. The molecule has 1 saturated heterocycles. The molecule has 1 saturated carbocycles. The first-order chi connectivity index (χ1) is 19.1. The summed E-state index contributed by atoms with van der Waals surface area (Å²) in [5.74, 6) is 0.179. The fourth-order valence-electron chi connectivity index (χ4n) is 5.35. The number of para-hydroxylation sites is 1. The molecule has 40 heavy (non-hydrogen) atoms. The summed E-state index contributed by atoms with van der Waals surface area (Å²) in [6.45, 7) is 5.45. The van der Waals surface area contributed by atoms with Crippen molar-refractivity contribution in [1.29, 1.82) is 0 Å².